The Bertz CT molecular complexity index is 627. The van der Waals surface area contributed by atoms with Crippen molar-refractivity contribution in [2.24, 2.45) is 0 Å². The van der Waals surface area contributed by atoms with Gasteiger partial charge < -0.3 is 19.5 Å². The Morgan fingerprint density at radius 2 is 2.12 bits per heavy atom. The van der Waals surface area contributed by atoms with Crippen LogP contribution < -0.4 is 14.8 Å². The standard InChI is InChI=1S/C16H18F2N2O4/c1-22-7-3-6-20-15(21)12(10-19)8-11-4-5-13(23-2)14(9-11)24-16(17)18/h4-5,8-9,16H,3,6-7H2,1-2H3,(H,20,21)/b12-8-. The van der Waals surface area contributed by atoms with Crippen LogP contribution >= 0.6 is 0 Å². The molecule has 0 aliphatic rings. The van der Waals surface area contributed by atoms with Crippen molar-refractivity contribution in [1.29, 1.82) is 5.26 Å². The monoisotopic (exact) mass is 340 g/mol. The molecule has 0 bridgehead atoms. The van der Waals surface area contributed by atoms with E-state index in [4.69, 9.17) is 14.7 Å². The van der Waals surface area contributed by atoms with E-state index in [9.17, 15) is 13.6 Å². The van der Waals surface area contributed by atoms with Gasteiger partial charge in [0.05, 0.1) is 7.11 Å². The van der Waals surface area contributed by atoms with E-state index in [2.05, 4.69) is 10.1 Å². The Kier molecular flexibility index (Phi) is 8.22. The van der Waals surface area contributed by atoms with Crippen LogP contribution in [-0.4, -0.2) is 39.9 Å². The minimum Gasteiger partial charge on any atom is -0.493 e. The average molecular weight is 340 g/mol. The van der Waals surface area contributed by atoms with Gasteiger partial charge in [-0.15, -0.1) is 0 Å². The molecular weight excluding hydrogens is 322 g/mol. The smallest absolute Gasteiger partial charge is 0.387 e. The summed E-state index contributed by atoms with van der Waals surface area (Å²) in [5.74, 6) is -0.616. The number of methoxy groups -OCH3 is 2. The van der Waals surface area contributed by atoms with Gasteiger partial charge in [0.15, 0.2) is 11.5 Å². The number of ether oxygens (including phenoxy) is 3. The number of nitriles is 1. The van der Waals surface area contributed by atoms with Gasteiger partial charge in [0, 0.05) is 20.3 Å². The van der Waals surface area contributed by atoms with Gasteiger partial charge in [0.2, 0.25) is 0 Å². The number of nitrogens with one attached hydrogen (secondary N) is 1. The lowest BCUT2D eigenvalue weighted by molar-refractivity contribution is -0.117. The van der Waals surface area contributed by atoms with E-state index in [0.717, 1.165) is 0 Å². The number of carbonyl (C=O) groups excluding carboxylic acids is 1. The fraction of sp³-hybridized carbons (Fsp3) is 0.375. The second-order valence-corrected chi connectivity index (χ2v) is 4.56. The zero-order valence-electron chi connectivity index (χ0n) is 13.3. The zero-order valence-corrected chi connectivity index (χ0v) is 13.3. The van der Waals surface area contributed by atoms with E-state index in [1.54, 1.807) is 13.2 Å². The highest BCUT2D eigenvalue weighted by molar-refractivity contribution is 6.01. The van der Waals surface area contributed by atoms with Gasteiger partial charge in [0.1, 0.15) is 11.6 Å². The quantitative estimate of drug-likeness (QED) is 0.424. The Hall–Kier alpha value is -2.66. The number of hydrogen-bond acceptors (Lipinski definition) is 5. The number of benzene rings is 1. The molecule has 24 heavy (non-hydrogen) atoms. The molecule has 1 rings (SSSR count). The molecule has 6 nitrogen and oxygen atoms in total. The molecule has 130 valence electrons. The van der Waals surface area contributed by atoms with Crippen LogP contribution in [-0.2, 0) is 9.53 Å². The van der Waals surface area contributed by atoms with Gasteiger partial charge in [0.25, 0.3) is 5.91 Å². The average Bonchev–Trinajstić information content (AvgIpc) is 2.56. The summed E-state index contributed by atoms with van der Waals surface area (Å²) in [7, 11) is 2.86. The molecule has 1 N–H and O–H groups in total. The summed E-state index contributed by atoms with van der Waals surface area (Å²) < 4.78 is 39.0. The van der Waals surface area contributed by atoms with Gasteiger partial charge in [-0.2, -0.15) is 14.0 Å². The third-order valence-corrected chi connectivity index (χ3v) is 2.89. The molecule has 0 atom stereocenters. The highest BCUT2D eigenvalue weighted by atomic mass is 19.3. The summed E-state index contributed by atoms with van der Waals surface area (Å²) >= 11 is 0. The Balaban J connectivity index is 2.91. The molecule has 0 aliphatic carbocycles. The van der Waals surface area contributed by atoms with Crippen molar-refractivity contribution < 1.29 is 27.8 Å². The van der Waals surface area contributed by atoms with Crippen molar-refractivity contribution in [3.63, 3.8) is 0 Å². The van der Waals surface area contributed by atoms with Crippen molar-refractivity contribution in [2.45, 2.75) is 13.0 Å². The van der Waals surface area contributed by atoms with Crippen LogP contribution in [0, 0.1) is 11.3 Å². The van der Waals surface area contributed by atoms with Crippen LogP contribution in [0.1, 0.15) is 12.0 Å². The normalized spacial score (nSPS) is 11.1. The molecule has 8 heteroatoms. The van der Waals surface area contributed by atoms with Crippen molar-refractivity contribution in [3.8, 4) is 17.6 Å². The van der Waals surface area contributed by atoms with Crippen molar-refractivity contribution >= 4 is 12.0 Å². The summed E-state index contributed by atoms with van der Waals surface area (Å²) in [5, 5.41) is 11.7. The SMILES string of the molecule is COCCCNC(=O)/C(C#N)=C\c1ccc(OC)c(OC(F)F)c1. The van der Waals surface area contributed by atoms with Gasteiger partial charge in [-0.3, -0.25) is 4.79 Å². The molecule has 1 aromatic rings. The second kappa shape index (κ2) is 10.2. The van der Waals surface area contributed by atoms with E-state index in [0.29, 0.717) is 25.1 Å². The third kappa shape index (κ3) is 6.22. The maximum absolute atomic E-state index is 12.4. The Morgan fingerprint density at radius 3 is 2.71 bits per heavy atom. The second-order valence-electron chi connectivity index (χ2n) is 4.56. The molecule has 0 aromatic heterocycles. The molecule has 1 aromatic carbocycles. The zero-order chi connectivity index (χ0) is 17.9. The van der Waals surface area contributed by atoms with E-state index in [1.165, 1.54) is 31.4 Å². The van der Waals surface area contributed by atoms with Gasteiger partial charge >= 0.3 is 6.61 Å². The molecule has 0 heterocycles. The lowest BCUT2D eigenvalue weighted by Crippen LogP contribution is -2.26. The predicted molar refractivity (Wildman–Crippen MR) is 82.7 cm³/mol. The number of alkyl halides is 2. The number of carbonyl (C=O) groups is 1. The van der Waals surface area contributed by atoms with E-state index in [-0.39, 0.29) is 17.1 Å². The van der Waals surface area contributed by atoms with Crippen LogP contribution in [0.5, 0.6) is 11.5 Å². The summed E-state index contributed by atoms with van der Waals surface area (Å²) in [6.45, 7) is -2.18. The van der Waals surface area contributed by atoms with Crippen LogP contribution in [0.25, 0.3) is 6.08 Å². The molecule has 1 amide bonds. The minimum absolute atomic E-state index is 0.120. The molecule has 0 aliphatic heterocycles. The first-order valence-electron chi connectivity index (χ1n) is 7.03. The first-order valence-corrected chi connectivity index (χ1v) is 7.03. The third-order valence-electron chi connectivity index (χ3n) is 2.89. The largest absolute Gasteiger partial charge is 0.493 e. The fourth-order valence-electron chi connectivity index (χ4n) is 1.80. The van der Waals surface area contributed by atoms with Gasteiger partial charge in [-0.05, 0) is 30.2 Å². The summed E-state index contributed by atoms with van der Waals surface area (Å²) in [6, 6.07) is 5.97. The van der Waals surface area contributed by atoms with Crippen molar-refractivity contribution in [2.75, 3.05) is 27.4 Å². The maximum atomic E-state index is 12.4. The number of nitrogens with zero attached hydrogens (tertiary/aromatic N) is 1. The fourth-order valence-corrected chi connectivity index (χ4v) is 1.80. The van der Waals surface area contributed by atoms with Crippen molar-refractivity contribution in [1.82, 2.24) is 5.32 Å². The lowest BCUT2D eigenvalue weighted by atomic mass is 10.1. The highest BCUT2D eigenvalue weighted by Crippen LogP contribution is 2.30. The highest BCUT2D eigenvalue weighted by Gasteiger charge is 2.13. The van der Waals surface area contributed by atoms with E-state index < -0.39 is 12.5 Å². The van der Waals surface area contributed by atoms with Crippen LogP contribution in [0.15, 0.2) is 23.8 Å². The van der Waals surface area contributed by atoms with E-state index >= 15 is 0 Å². The summed E-state index contributed by atoms with van der Waals surface area (Å²) in [5.41, 5.74) is 0.204. The topological polar surface area (TPSA) is 80.6 Å². The number of amides is 1. The molecule has 0 spiro atoms. The molecule has 0 radical (unpaired) electrons. The first-order chi connectivity index (χ1) is 11.5. The van der Waals surface area contributed by atoms with Crippen LogP contribution in [0.2, 0.25) is 0 Å². The number of rotatable bonds is 9. The number of hydrogen-bond donors (Lipinski definition) is 1. The molecule has 0 unspecified atom stereocenters. The summed E-state index contributed by atoms with van der Waals surface area (Å²) in [6.07, 6.45) is 1.89. The number of halogens is 2. The van der Waals surface area contributed by atoms with Gasteiger partial charge in [-0.1, -0.05) is 6.07 Å². The van der Waals surface area contributed by atoms with Crippen LogP contribution in [0.3, 0.4) is 0 Å². The Morgan fingerprint density at radius 1 is 1.38 bits per heavy atom. The lowest BCUT2D eigenvalue weighted by Gasteiger charge is -2.10. The molecule has 0 saturated heterocycles. The molecular formula is C16H18F2N2O4. The molecule has 0 fully saturated rings. The Labute approximate surface area is 138 Å². The maximum Gasteiger partial charge on any atom is 0.387 e. The predicted octanol–water partition coefficient (Wildman–Crippen LogP) is 2.36. The summed E-state index contributed by atoms with van der Waals surface area (Å²) in [4.78, 5) is 11.9. The molecule has 0 saturated carbocycles. The van der Waals surface area contributed by atoms with E-state index in [1.807, 2.05) is 0 Å². The first kappa shape index (κ1) is 19.4. The van der Waals surface area contributed by atoms with Crippen molar-refractivity contribution in [3.05, 3.63) is 29.3 Å². The minimum atomic E-state index is -3.02. The van der Waals surface area contributed by atoms with Gasteiger partial charge in [-0.25, -0.2) is 0 Å². The van der Waals surface area contributed by atoms with Crippen LogP contribution in [0.4, 0.5) is 8.78 Å².